The molecule has 1 aliphatic carbocycles. The van der Waals surface area contributed by atoms with E-state index in [1.165, 1.54) is 32.1 Å². The fourth-order valence-electron chi connectivity index (χ4n) is 4.59. The molecule has 3 rings (SSSR count). The second kappa shape index (κ2) is 9.38. The Morgan fingerprint density at radius 1 is 1.11 bits per heavy atom. The van der Waals surface area contributed by atoms with Crippen molar-refractivity contribution in [2.75, 3.05) is 13.1 Å². The van der Waals surface area contributed by atoms with Gasteiger partial charge in [-0.05, 0) is 57.1 Å². The molecule has 148 valence electrons. The van der Waals surface area contributed by atoms with E-state index in [2.05, 4.69) is 12.2 Å². The molecule has 3 atom stereocenters. The summed E-state index contributed by atoms with van der Waals surface area (Å²) in [5.41, 5.74) is 1.87. The summed E-state index contributed by atoms with van der Waals surface area (Å²) >= 11 is 0. The summed E-state index contributed by atoms with van der Waals surface area (Å²) in [6.07, 6.45) is 9.06. The molecule has 1 saturated heterocycles. The molecule has 27 heavy (non-hydrogen) atoms. The Labute approximate surface area is 163 Å². The standard InChI is InChI=1S/C23H34N2O2/c1-3-4-7-18-8-5-10-21(18)24-22(26)20-9-6-15-25(16-20)23(27)19-13-11-17(2)12-14-19/h11-14,18,20-21H,3-10,15-16H2,1-2H3,(H,24,26). The van der Waals surface area contributed by atoms with Gasteiger partial charge in [0.1, 0.15) is 0 Å². The molecule has 4 heteroatoms. The zero-order valence-electron chi connectivity index (χ0n) is 16.9. The number of amides is 2. The number of likely N-dealkylation sites (tertiary alicyclic amines) is 1. The number of hydrogen-bond donors (Lipinski definition) is 1. The molecule has 2 fully saturated rings. The van der Waals surface area contributed by atoms with E-state index in [1.54, 1.807) is 0 Å². The van der Waals surface area contributed by atoms with Crippen molar-refractivity contribution in [2.24, 2.45) is 11.8 Å². The SMILES string of the molecule is CCCCC1CCCC1NC(=O)C1CCCN(C(=O)c2ccc(C)cc2)C1. The van der Waals surface area contributed by atoms with Crippen molar-refractivity contribution in [3.8, 4) is 0 Å². The van der Waals surface area contributed by atoms with Gasteiger partial charge >= 0.3 is 0 Å². The number of carbonyl (C=O) groups is 2. The monoisotopic (exact) mass is 370 g/mol. The van der Waals surface area contributed by atoms with Gasteiger partial charge in [0.15, 0.2) is 0 Å². The van der Waals surface area contributed by atoms with Crippen LogP contribution in [0.15, 0.2) is 24.3 Å². The first-order chi connectivity index (χ1) is 13.1. The Bertz CT molecular complexity index is 640. The first kappa shape index (κ1) is 19.9. The molecule has 0 bridgehead atoms. The topological polar surface area (TPSA) is 49.4 Å². The summed E-state index contributed by atoms with van der Waals surface area (Å²) in [7, 11) is 0. The highest BCUT2D eigenvalue weighted by molar-refractivity contribution is 5.94. The molecule has 0 aromatic heterocycles. The van der Waals surface area contributed by atoms with Crippen molar-refractivity contribution < 1.29 is 9.59 Å². The highest BCUT2D eigenvalue weighted by Crippen LogP contribution is 2.30. The Morgan fingerprint density at radius 2 is 1.89 bits per heavy atom. The molecule has 1 saturated carbocycles. The van der Waals surface area contributed by atoms with Crippen LogP contribution in [0.5, 0.6) is 0 Å². The molecule has 1 aliphatic heterocycles. The number of rotatable bonds is 6. The average molecular weight is 371 g/mol. The average Bonchev–Trinajstić information content (AvgIpc) is 3.13. The van der Waals surface area contributed by atoms with Crippen molar-refractivity contribution in [1.29, 1.82) is 0 Å². The van der Waals surface area contributed by atoms with Gasteiger partial charge in [0.25, 0.3) is 5.91 Å². The minimum Gasteiger partial charge on any atom is -0.353 e. The molecule has 1 N–H and O–H groups in total. The smallest absolute Gasteiger partial charge is 0.253 e. The third-order valence-electron chi connectivity index (χ3n) is 6.29. The lowest BCUT2D eigenvalue weighted by Crippen LogP contribution is -2.48. The van der Waals surface area contributed by atoms with Gasteiger partial charge in [-0.3, -0.25) is 9.59 Å². The van der Waals surface area contributed by atoms with Gasteiger partial charge in [0, 0.05) is 24.7 Å². The molecule has 0 radical (unpaired) electrons. The molecular weight excluding hydrogens is 336 g/mol. The Kier molecular flexibility index (Phi) is 6.92. The van der Waals surface area contributed by atoms with Gasteiger partial charge in [-0.25, -0.2) is 0 Å². The Morgan fingerprint density at radius 3 is 2.63 bits per heavy atom. The molecule has 1 aromatic rings. The number of nitrogens with one attached hydrogen (secondary N) is 1. The zero-order valence-corrected chi connectivity index (χ0v) is 16.9. The Balaban J connectivity index is 1.56. The summed E-state index contributed by atoms with van der Waals surface area (Å²) in [6.45, 7) is 5.54. The van der Waals surface area contributed by atoms with Gasteiger partial charge < -0.3 is 10.2 Å². The molecular formula is C23H34N2O2. The number of carbonyl (C=O) groups excluding carboxylic acids is 2. The van der Waals surface area contributed by atoms with Crippen LogP contribution in [0, 0.1) is 18.8 Å². The van der Waals surface area contributed by atoms with Crippen molar-refractivity contribution in [3.63, 3.8) is 0 Å². The number of nitrogens with zero attached hydrogens (tertiary/aromatic N) is 1. The minimum atomic E-state index is -0.0689. The predicted octanol–water partition coefficient (Wildman–Crippen LogP) is 4.32. The molecule has 2 amide bonds. The first-order valence-electron chi connectivity index (χ1n) is 10.7. The second-order valence-electron chi connectivity index (χ2n) is 8.40. The summed E-state index contributed by atoms with van der Waals surface area (Å²) in [5, 5.41) is 3.34. The van der Waals surface area contributed by atoms with Crippen LogP contribution in [-0.2, 0) is 4.79 Å². The molecule has 3 unspecified atom stereocenters. The van der Waals surface area contributed by atoms with Crippen molar-refractivity contribution in [3.05, 3.63) is 35.4 Å². The van der Waals surface area contributed by atoms with E-state index in [0.717, 1.165) is 36.9 Å². The van der Waals surface area contributed by atoms with Crippen LogP contribution in [0.25, 0.3) is 0 Å². The second-order valence-corrected chi connectivity index (χ2v) is 8.40. The highest BCUT2D eigenvalue weighted by Gasteiger charge is 2.33. The van der Waals surface area contributed by atoms with Gasteiger partial charge in [0.2, 0.25) is 5.91 Å². The fraction of sp³-hybridized carbons (Fsp3) is 0.652. The molecule has 4 nitrogen and oxygen atoms in total. The zero-order chi connectivity index (χ0) is 19.2. The van der Waals surface area contributed by atoms with Gasteiger partial charge in [-0.1, -0.05) is 43.9 Å². The predicted molar refractivity (Wildman–Crippen MR) is 109 cm³/mol. The van der Waals surface area contributed by atoms with E-state index in [-0.39, 0.29) is 17.7 Å². The Hall–Kier alpha value is -1.84. The van der Waals surface area contributed by atoms with Crippen molar-refractivity contribution >= 4 is 11.8 Å². The van der Waals surface area contributed by atoms with Crippen LogP contribution in [0.1, 0.15) is 74.2 Å². The lowest BCUT2D eigenvalue weighted by molar-refractivity contribution is -0.127. The maximum absolute atomic E-state index is 12.9. The third-order valence-corrected chi connectivity index (χ3v) is 6.29. The fourth-order valence-corrected chi connectivity index (χ4v) is 4.59. The van der Waals surface area contributed by atoms with E-state index in [4.69, 9.17) is 0 Å². The van der Waals surface area contributed by atoms with Crippen LogP contribution in [0.2, 0.25) is 0 Å². The quantitative estimate of drug-likeness (QED) is 0.810. The molecule has 1 heterocycles. The largest absolute Gasteiger partial charge is 0.353 e. The van der Waals surface area contributed by atoms with Gasteiger partial charge in [-0.2, -0.15) is 0 Å². The molecule has 0 spiro atoms. The van der Waals surface area contributed by atoms with E-state index < -0.39 is 0 Å². The van der Waals surface area contributed by atoms with E-state index in [1.807, 2.05) is 36.1 Å². The van der Waals surface area contributed by atoms with Crippen LogP contribution in [0.4, 0.5) is 0 Å². The van der Waals surface area contributed by atoms with Crippen LogP contribution in [-0.4, -0.2) is 35.8 Å². The first-order valence-corrected chi connectivity index (χ1v) is 10.7. The summed E-state index contributed by atoms with van der Waals surface area (Å²) in [5.74, 6) is 0.780. The highest BCUT2D eigenvalue weighted by atomic mass is 16.2. The third kappa shape index (κ3) is 5.12. The van der Waals surface area contributed by atoms with E-state index in [9.17, 15) is 9.59 Å². The molecule has 1 aromatic carbocycles. The minimum absolute atomic E-state index is 0.0502. The van der Waals surface area contributed by atoms with Gasteiger partial charge in [-0.15, -0.1) is 0 Å². The lowest BCUT2D eigenvalue weighted by atomic mass is 9.93. The number of piperidine rings is 1. The molecule has 2 aliphatic rings. The number of benzene rings is 1. The van der Waals surface area contributed by atoms with Crippen LogP contribution >= 0.6 is 0 Å². The maximum atomic E-state index is 12.9. The van der Waals surface area contributed by atoms with Gasteiger partial charge in [0.05, 0.1) is 5.92 Å². The summed E-state index contributed by atoms with van der Waals surface area (Å²) < 4.78 is 0. The number of unbranched alkanes of at least 4 members (excludes halogenated alkanes) is 1. The number of hydrogen-bond acceptors (Lipinski definition) is 2. The number of aryl methyl sites for hydroxylation is 1. The van der Waals surface area contributed by atoms with E-state index in [0.29, 0.717) is 18.5 Å². The summed E-state index contributed by atoms with van der Waals surface area (Å²) in [4.78, 5) is 27.5. The summed E-state index contributed by atoms with van der Waals surface area (Å²) in [6, 6.07) is 8.05. The normalized spacial score (nSPS) is 25.4. The lowest BCUT2D eigenvalue weighted by Gasteiger charge is -2.33. The van der Waals surface area contributed by atoms with Crippen LogP contribution < -0.4 is 5.32 Å². The van der Waals surface area contributed by atoms with Crippen LogP contribution in [0.3, 0.4) is 0 Å². The van der Waals surface area contributed by atoms with E-state index >= 15 is 0 Å². The maximum Gasteiger partial charge on any atom is 0.253 e. The van der Waals surface area contributed by atoms with Crippen molar-refractivity contribution in [2.45, 2.75) is 71.3 Å². The van der Waals surface area contributed by atoms with Crippen molar-refractivity contribution in [1.82, 2.24) is 10.2 Å².